The van der Waals surface area contributed by atoms with Gasteiger partial charge >= 0.3 is 0 Å². The van der Waals surface area contributed by atoms with Crippen LogP contribution in [0.5, 0.6) is 0 Å². The Labute approximate surface area is 222 Å². The summed E-state index contributed by atoms with van der Waals surface area (Å²) in [7, 11) is 0. The molecule has 1 aliphatic heterocycles. The first-order valence-corrected chi connectivity index (χ1v) is 13.6. The number of nitrogens with one attached hydrogen (secondary N) is 1. The van der Waals surface area contributed by atoms with Crippen molar-refractivity contribution in [2.75, 3.05) is 18.0 Å². The molecule has 4 heterocycles. The van der Waals surface area contributed by atoms with E-state index in [2.05, 4.69) is 24.8 Å². The van der Waals surface area contributed by atoms with Crippen LogP contribution in [0.1, 0.15) is 47.9 Å². The van der Waals surface area contributed by atoms with E-state index in [0.717, 1.165) is 48.5 Å². The van der Waals surface area contributed by atoms with Crippen LogP contribution >= 0.6 is 22.9 Å². The monoisotopic (exact) mass is 540 g/mol. The Hall–Kier alpha value is -3.08. The average molecular weight is 541 g/mol. The molecule has 2 N–H and O–H groups in total. The number of benzene rings is 1. The van der Waals surface area contributed by atoms with Crippen LogP contribution in [0.25, 0.3) is 22.4 Å². The van der Waals surface area contributed by atoms with Crippen molar-refractivity contribution in [1.29, 1.82) is 0 Å². The molecule has 0 spiro atoms. The number of pyridine rings is 1. The maximum absolute atomic E-state index is 15.0. The second-order valence-electron chi connectivity index (χ2n) is 9.67. The number of imidazole rings is 1. The van der Waals surface area contributed by atoms with Gasteiger partial charge in [0.05, 0.1) is 29.6 Å². The van der Waals surface area contributed by atoms with Crippen LogP contribution in [0.2, 0.25) is 4.34 Å². The van der Waals surface area contributed by atoms with Crippen molar-refractivity contribution in [2.45, 2.75) is 50.3 Å². The van der Waals surface area contributed by atoms with Crippen LogP contribution in [-0.2, 0) is 0 Å². The lowest BCUT2D eigenvalue weighted by molar-refractivity contribution is 0.0920. The molecule has 0 radical (unpaired) electrons. The summed E-state index contributed by atoms with van der Waals surface area (Å²) in [6.07, 6.45) is 6.85. The van der Waals surface area contributed by atoms with Gasteiger partial charge in [-0.05, 0) is 44.2 Å². The largest absolute Gasteiger partial charge is 0.391 e. The topological polar surface area (TPSA) is 96.2 Å². The zero-order chi connectivity index (χ0) is 25.5. The molecule has 0 bridgehead atoms. The minimum Gasteiger partial charge on any atom is -0.391 e. The Kier molecular flexibility index (Phi) is 6.56. The standard InChI is InChI=1S/C26H26ClFN6O2S/c27-22-13-30-26(37-22)25(36)31-15-4-3-5-16(10-15)34-21-11-23(33-9-8-17(35)14-33)29-12-20(21)32-24(34)18-6-1-2-7-19(18)28/h1-2,6-7,11-13,15-17,35H,3-5,8-10,14H2,(H,31,36)/t15-,16+,17?/m0/s1. The lowest BCUT2D eigenvalue weighted by Crippen LogP contribution is -2.39. The highest BCUT2D eigenvalue weighted by Gasteiger charge is 2.30. The van der Waals surface area contributed by atoms with E-state index < -0.39 is 0 Å². The van der Waals surface area contributed by atoms with Crippen molar-refractivity contribution in [3.8, 4) is 11.4 Å². The number of β-amino-alcohol motifs (C(OH)–C–C–N with tert-alkyl or cyclic N) is 1. The summed E-state index contributed by atoms with van der Waals surface area (Å²) in [6.45, 7) is 1.26. The average Bonchev–Trinajstić information content (AvgIpc) is 3.62. The van der Waals surface area contributed by atoms with E-state index in [9.17, 15) is 14.3 Å². The van der Waals surface area contributed by atoms with Crippen molar-refractivity contribution >= 4 is 45.7 Å². The SMILES string of the molecule is O=C(N[C@H]1CCC[C@@H](n2c(-c3ccccc3F)nc3cnc(N4CCC(O)C4)cc32)C1)c1ncc(Cl)s1. The number of aromatic nitrogens is 4. The quantitative estimate of drug-likeness (QED) is 0.376. The summed E-state index contributed by atoms with van der Waals surface area (Å²) in [5, 5.41) is 13.5. The normalized spacial score (nSPS) is 22.0. The Morgan fingerprint density at radius 1 is 1.19 bits per heavy atom. The van der Waals surface area contributed by atoms with Gasteiger partial charge < -0.3 is 19.9 Å². The van der Waals surface area contributed by atoms with Crippen molar-refractivity contribution in [2.24, 2.45) is 0 Å². The van der Waals surface area contributed by atoms with Crippen molar-refractivity contribution in [3.63, 3.8) is 0 Å². The number of carbonyl (C=O) groups is 1. The number of halogens is 2. The highest BCUT2D eigenvalue weighted by atomic mass is 35.5. The number of aliphatic hydroxyl groups is 1. The fourth-order valence-corrected chi connectivity index (χ4v) is 6.26. The molecule has 1 unspecified atom stereocenters. The number of anilines is 1. The first-order valence-electron chi connectivity index (χ1n) is 12.4. The Balaban J connectivity index is 1.37. The summed E-state index contributed by atoms with van der Waals surface area (Å²) in [6, 6.07) is 8.59. The van der Waals surface area contributed by atoms with E-state index in [4.69, 9.17) is 16.6 Å². The lowest BCUT2D eigenvalue weighted by Gasteiger charge is -2.32. The van der Waals surface area contributed by atoms with Gasteiger partial charge in [0.15, 0.2) is 5.01 Å². The third-order valence-corrected chi connectivity index (χ3v) is 8.30. The maximum atomic E-state index is 15.0. The fraction of sp³-hybridized carbons (Fsp3) is 0.385. The number of hydrogen-bond acceptors (Lipinski definition) is 7. The van der Waals surface area contributed by atoms with Gasteiger partial charge in [0.25, 0.3) is 5.91 Å². The third kappa shape index (κ3) is 4.81. The minimum absolute atomic E-state index is 0.00189. The lowest BCUT2D eigenvalue weighted by atomic mass is 9.90. The molecule has 8 nitrogen and oxygen atoms in total. The van der Waals surface area contributed by atoms with E-state index in [1.807, 2.05) is 6.07 Å². The summed E-state index contributed by atoms with van der Waals surface area (Å²) >= 11 is 7.12. The molecule has 4 aromatic rings. The van der Waals surface area contributed by atoms with Crippen LogP contribution in [0.4, 0.5) is 10.2 Å². The number of amides is 1. The smallest absolute Gasteiger partial charge is 0.280 e. The van der Waals surface area contributed by atoms with E-state index in [0.29, 0.717) is 45.6 Å². The number of aliphatic hydroxyl groups excluding tert-OH is 1. The van der Waals surface area contributed by atoms with E-state index >= 15 is 0 Å². The molecule has 3 atom stereocenters. The number of carbonyl (C=O) groups excluding carboxylic acids is 1. The molecule has 1 aliphatic carbocycles. The second-order valence-corrected chi connectivity index (χ2v) is 11.3. The third-order valence-electron chi connectivity index (χ3n) is 7.18. The van der Waals surface area contributed by atoms with Gasteiger partial charge in [0.1, 0.15) is 27.3 Å². The van der Waals surface area contributed by atoms with Gasteiger partial charge in [-0.1, -0.05) is 35.1 Å². The van der Waals surface area contributed by atoms with Crippen LogP contribution in [-0.4, -0.2) is 55.8 Å². The fourth-order valence-electron chi connectivity index (χ4n) is 5.45. The summed E-state index contributed by atoms with van der Waals surface area (Å²) in [4.78, 5) is 28.3. The van der Waals surface area contributed by atoms with Gasteiger partial charge in [0.2, 0.25) is 0 Å². The number of hydrogen-bond donors (Lipinski definition) is 2. The highest BCUT2D eigenvalue weighted by molar-refractivity contribution is 7.17. The Morgan fingerprint density at radius 2 is 2.05 bits per heavy atom. The molecule has 192 valence electrons. The number of rotatable bonds is 5. The van der Waals surface area contributed by atoms with Gasteiger partial charge in [-0.3, -0.25) is 4.79 Å². The van der Waals surface area contributed by atoms with E-state index in [-0.39, 0.29) is 29.9 Å². The van der Waals surface area contributed by atoms with Crippen molar-refractivity contribution < 1.29 is 14.3 Å². The molecule has 3 aromatic heterocycles. The summed E-state index contributed by atoms with van der Waals surface area (Å²) in [5.74, 6) is 0.756. The highest BCUT2D eigenvalue weighted by Crippen LogP contribution is 2.38. The Bertz CT molecular complexity index is 1460. The summed E-state index contributed by atoms with van der Waals surface area (Å²) < 4.78 is 17.6. The molecule has 11 heteroatoms. The molecule has 2 fully saturated rings. The van der Waals surface area contributed by atoms with Crippen LogP contribution in [0.15, 0.2) is 42.7 Å². The first-order chi connectivity index (χ1) is 18.0. The van der Waals surface area contributed by atoms with Gasteiger partial charge in [-0.2, -0.15) is 0 Å². The first kappa shape index (κ1) is 24.3. The predicted octanol–water partition coefficient (Wildman–Crippen LogP) is 4.83. The molecular weight excluding hydrogens is 515 g/mol. The summed E-state index contributed by atoms with van der Waals surface area (Å²) in [5.41, 5.74) is 1.99. The second kappa shape index (κ2) is 10.00. The predicted molar refractivity (Wildman–Crippen MR) is 142 cm³/mol. The van der Waals surface area contributed by atoms with Crippen LogP contribution < -0.4 is 10.2 Å². The molecule has 6 rings (SSSR count). The molecule has 1 aromatic carbocycles. The number of thiazole rings is 1. The zero-order valence-corrected chi connectivity index (χ0v) is 21.6. The molecule has 1 amide bonds. The molecule has 37 heavy (non-hydrogen) atoms. The van der Waals surface area contributed by atoms with Gasteiger partial charge in [0, 0.05) is 31.2 Å². The Morgan fingerprint density at radius 3 is 2.81 bits per heavy atom. The zero-order valence-electron chi connectivity index (χ0n) is 20.0. The minimum atomic E-state index is -0.369. The van der Waals surface area contributed by atoms with Crippen LogP contribution in [0, 0.1) is 5.82 Å². The van der Waals surface area contributed by atoms with E-state index in [1.165, 1.54) is 12.3 Å². The maximum Gasteiger partial charge on any atom is 0.280 e. The van der Waals surface area contributed by atoms with Gasteiger partial charge in [-0.25, -0.2) is 19.3 Å². The van der Waals surface area contributed by atoms with Gasteiger partial charge in [-0.15, -0.1) is 0 Å². The number of nitrogens with zero attached hydrogens (tertiary/aromatic N) is 5. The number of fused-ring (bicyclic) bond motifs is 1. The van der Waals surface area contributed by atoms with Crippen molar-refractivity contribution in [3.05, 3.63) is 57.9 Å². The van der Waals surface area contributed by atoms with Crippen molar-refractivity contribution in [1.82, 2.24) is 24.8 Å². The molecular formula is C26H26ClFN6O2S. The molecule has 2 aliphatic rings. The van der Waals surface area contributed by atoms with E-state index in [1.54, 1.807) is 24.4 Å². The molecule has 1 saturated heterocycles. The molecule has 1 saturated carbocycles. The van der Waals surface area contributed by atoms with Crippen LogP contribution in [0.3, 0.4) is 0 Å².